The van der Waals surface area contributed by atoms with Crippen molar-refractivity contribution in [2.24, 2.45) is 0 Å². The Kier molecular flexibility index (Phi) is 4.56. The monoisotopic (exact) mass is 353 g/mol. The highest BCUT2D eigenvalue weighted by molar-refractivity contribution is 5.89. The Morgan fingerprint density at radius 1 is 1.23 bits per heavy atom. The summed E-state index contributed by atoms with van der Waals surface area (Å²) in [7, 11) is 0. The van der Waals surface area contributed by atoms with Crippen LogP contribution in [0.1, 0.15) is 12.6 Å². The number of nitrogens with one attached hydrogen (secondary N) is 2. The summed E-state index contributed by atoms with van der Waals surface area (Å²) in [4.78, 5) is 30.0. The van der Waals surface area contributed by atoms with Gasteiger partial charge in [-0.1, -0.05) is 6.07 Å². The molecule has 0 spiro atoms. The first-order valence-electron chi connectivity index (χ1n) is 7.60. The fourth-order valence-electron chi connectivity index (χ4n) is 2.26. The second-order valence-corrected chi connectivity index (χ2v) is 5.48. The van der Waals surface area contributed by atoms with Crippen molar-refractivity contribution in [3.63, 3.8) is 0 Å². The minimum absolute atomic E-state index is 0.146. The predicted molar refractivity (Wildman–Crippen MR) is 94.6 cm³/mol. The van der Waals surface area contributed by atoms with Gasteiger partial charge in [-0.2, -0.15) is 14.8 Å². The molecule has 3 aromatic rings. The molecule has 1 amide bonds. The van der Waals surface area contributed by atoms with E-state index in [2.05, 4.69) is 25.7 Å². The molecule has 3 rings (SSSR count). The fourth-order valence-corrected chi connectivity index (χ4v) is 2.26. The van der Waals surface area contributed by atoms with E-state index in [0.717, 1.165) is 6.20 Å². The van der Waals surface area contributed by atoms with Crippen LogP contribution in [0.5, 0.6) is 0 Å². The minimum atomic E-state index is -0.536. The van der Waals surface area contributed by atoms with E-state index >= 15 is 0 Å². The molecule has 2 N–H and O–H groups in total. The van der Waals surface area contributed by atoms with E-state index < -0.39 is 4.92 Å². The van der Waals surface area contributed by atoms with Crippen LogP contribution in [0.2, 0.25) is 0 Å². The first-order chi connectivity index (χ1) is 12.4. The summed E-state index contributed by atoms with van der Waals surface area (Å²) in [6, 6.07) is 8.87. The highest BCUT2D eigenvalue weighted by atomic mass is 16.6. The van der Waals surface area contributed by atoms with Gasteiger partial charge in [0.05, 0.1) is 4.92 Å². The second-order valence-electron chi connectivity index (χ2n) is 5.48. The van der Waals surface area contributed by atoms with Gasteiger partial charge < -0.3 is 10.6 Å². The Hall–Kier alpha value is -3.82. The molecule has 10 nitrogen and oxygen atoms in total. The number of amides is 1. The molecule has 0 atom stereocenters. The van der Waals surface area contributed by atoms with Crippen molar-refractivity contribution in [3.8, 4) is 5.95 Å². The van der Waals surface area contributed by atoms with Gasteiger partial charge in [-0.25, -0.2) is 4.98 Å². The number of aromatic nitrogens is 4. The Morgan fingerprint density at radius 3 is 2.69 bits per heavy atom. The van der Waals surface area contributed by atoms with E-state index in [-0.39, 0.29) is 17.5 Å². The largest absolute Gasteiger partial charge is 0.340 e. The van der Waals surface area contributed by atoms with Crippen LogP contribution in [0.25, 0.3) is 5.95 Å². The zero-order valence-electron chi connectivity index (χ0n) is 14.0. The van der Waals surface area contributed by atoms with E-state index in [0.29, 0.717) is 22.9 Å². The summed E-state index contributed by atoms with van der Waals surface area (Å²) in [6.07, 6.45) is 2.38. The lowest BCUT2D eigenvalue weighted by molar-refractivity contribution is -0.384. The van der Waals surface area contributed by atoms with Crippen LogP contribution in [-0.2, 0) is 4.79 Å². The Labute approximate surface area is 148 Å². The molecule has 0 unspecified atom stereocenters. The highest BCUT2D eigenvalue weighted by Crippen LogP contribution is 2.20. The summed E-state index contributed by atoms with van der Waals surface area (Å²) in [5, 5.41) is 20.5. The topological polar surface area (TPSA) is 128 Å². The third kappa shape index (κ3) is 3.98. The molecule has 0 fully saturated rings. The van der Waals surface area contributed by atoms with E-state index in [4.69, 9.17) is 0 Å². The van der Waals surface area contributed by atoms with Crippen molar-refractivity contribution < 1.29 is 9.72 Å². The van der Waals surface area contributed by atoms with Crippen LogP contribution < -0.4 is 10.6 Å². The lowest BCUT2D eigenvalue weighted by Crippen LogP contribution is -2.07. The number of nitro groups is 1. The number of anilines is 3. The molecule has 2 heterocycles. The lowest BCUT2D eigenvalue weighted by atomic mass is 10.2. The van der Waals surface area contributed by atoms with Gasteiger partial charge in [0.25, 0.3) is 5.95 Å². The molecule has 0 saturated carbocycles. The molecule has 0 aliphatic rings. The van der Waals surface area contributed by atoms with Crippen LogP contribution in [0.15, 0.2) is 42.7 Å². The standard InChI is InChI=1S/C16H15N7O3/c1-10-6-15(20-13-5-3-4-12(7-13)19-11(2)24)21-16(18-10)22-9-14(8-17-22)23(25)26/h3-9H,1-2H3,(H,19,24)(H,18,20,21). The summed E-state index contributed by atoms with van der Waals surface area (Å²) >= 11 is 0. The molecular weight excluding hydrogens is 338 g/mol. The second kappa shape index (κ2) is 6.97. The normalized spacial score (nSPS) is 10.4. The molecule has 1 aromatic carbocycles. The molecule has 0 saturated heterocycles. The van der Waals surface area contributed by atoms with Crippen molar-refractivity contribution in [2.75, 3.05) is 10.6 Å². The third-order valence-electron chi connectivity index (χ3n) is 3.28. The maximum absolute atomic E-state index is 11.2. The zero-order valence-corrected chi connectivity index (χ0v) is 14.0. The summed E-state index contributed by atoms with van der Waals surface area (Å²) in [6.45, 7) is 3.21. The number of hydrogen-bond donors (Lipinski definition) is 2. The number of nitrogens with zero attached hydrogens (tertiary/aromatic N) is 5. The molecule has 0 aliphatic carbocycles. The van der Waals surface area contributed by atoms with Crippen LogP contribution in [0, 0.1) is 17.0 Å². The first-order valence-corrected chi connectivity index (χ1v) is 7.60. The van der Waals surface area contributed by atoms with Crippen LogP contribution in [0.4, 0.5) is 22.9 Å². The Balaban J connectivity index is 1.88. The van der Waals surface area contributed by atoms with Gasteiger partial charge in [0.15, 0.2) is 0 Å². The summed E-state index contributed by atoms with van der Waals surface area (Å²) in [5.74, 6) is 0.534. The molecule has 2 aromatic heterocycles. The van der Waals surface area contributed by atoms with E-state index in [1.807, 2.05) is 6.07 Å². The third-order valence-corrected chi connectivity index (χ3v) is 3.28. The number of hydrogen-bond acceptors (Lipinski definition) is 7. The number of rotatable bonds is 5. The summed E-state index contributed by atoms with van der Waals surface area (Å²) < 4.78 is 1.24. The van der Waals surface area contributed by atoms with E-state index in [1.165, 1.54) is 17.8 Å². The molecule has 0 aliphatic heterocycles. The maximum atomic E-state index is 11.2. The fraction of sp³-hybridized carbons (Fsp3) is 0.125. The maximum Gasteiger partial charge on any atom is 0.307 e. The van der Waals surface area contributed by atoms with Crippen LogP contribution in [-0.4, -0.2) is 30.6 Å². The molecule has 0 radical (unpaired) electrons. The first kappa shape index (κ1) is 17.0. The van der Waals surface area contributed by atoms with Crippen molar-refractivity contribution in [2.45, 2.75) is 13.8 Å². The van der Waals surface area contributed by atoms with Gasteiger partial charge in [-0.05, 0) is 25.1 Å². The average Bonchev–Trinajstić information content (AvgIpc) is 3.04. The highest BCUT2D eigenvalue weighted by Gasteiger charge is 2.12. The van der Waals surface area contributed by atoms with Gasteiger partial charge in [0.2, 0.25) is 5.91 Å². The quantitative estimate of drug-likeness (QED) is 0.533. The Morgan fingerprint density at radius 2 is 2.00 bits per heavy atom. The molecule has 10 heteroatoms. The van der Waals surface area contributed by atoms with E-state index in [9.17, 15) is 14.9 Å². The van der Waals surface area contributed by atoms with Crippen molar-refractivity contribution >= 4 is 28.8 Å². The van der Waals surface area contributed by atoms with Gasteiger partial charge in [0, 0.05) is 30.1 Å². The number of benzene rings is 1. The van der Waals surface area contributed by atoms with E-state index in [1.54, 1.807) is 31.2 Å². The number of carbonyl (C=O) groups excluding carboxylic acids is 1. The van der Waals surface area contributed by atoms with Gasteiger partial charge in [-0.3, -0.25) is 14.9 Å². The average molecular weight is 353 g/mol. The zero-order chi connectivity index (χ0) is 18.7. The van der Waals surface area contributed by atoms with Crippen molar-refractivity contribution in [1.29, 1.82) is 0 Å². The van der Waals surface area contributed by atoms with Gasteiger partial charge in [0.1, 0.15) is 18.2 Å². The van der Waals surface area contributed by atoms with Crippen LogP contribution in [0.3, 0.4) is 0 Å². The molecule has 26 heavy (non-hydrogen) atoms. The minimum Gasteiger partial charge on any atom is -0.340 e. The molecule has 0 bridgehead atoms. The summed E-state index contributed by atoms with van der Waals surface area (Å²) in [5.41, 5.74) is 1.88. The smallest absolute Gasteiger partial charge is 0.307 e. The van der Waals surface area contributed by atoms with Gasteiger partial charge >= 0.3 is 5.69 Å². The van der Waals surface area contributed by atoms with Crippen LogP contribution >= 0.6 is 0 Å². The number of aryl methyl sites for hydroxylation is 1. The Bertz CT molecular complexity index is 983. The van der Waals surface area contributed by atoms with Crippen molar-refractivity contribution in [1.82, 2.24) is 19.7 Å². The predicted octanol–water partition coefficient (Wildman–Crippen LogP) is 2.58. The number of carbonyl (C=O) groups is 1. The van der Waals surface area contributed by atoms with Crippen molar-refractivity contribution in [3.05, 3.63) is 58.5 Å². The lowest BCUT2D eigenvalue weighted by Gasteiger charge is -2.10. The van der Waals surface area contributed by atoms with Gasteiger partial charge in [-0.15, -0.1) is 0 Å². The SMILES string of the molecule is CC(=O)Nc1cccc(Nc2cc(C)nc(-n3cc([N+](=O)[O-])cn3)n2)c1. The molecular formula is C16H15N7O3. The molecule has 132 valence electrons.